The number of nitrogens with two attached hydrogens (primary N) is 1. The number of amides is 1. The molecule has 1 rings (SSSR count). The van der Waals surface area contributed by atoms with Gasteiger partial charge in [0, 0.05) is 18.8 Å². The van der Waals surface area contributed by atoms with Crippen molar-refractivity contribution >= 4 is 23.2 Å². The van der Waals surface area contributed by atoms with Crippen molar-refractivity contribution in [2.24, 2.45) is 5.73 Å². The van der Waals surface area contributed by atoms with E-state index in [-0.39, 0.29) is 12.2 Å². The molecule has 1 amide bonds. The number of anilines is 1. The predicted octanol–water partition coefficient (Wildman–Crippen LogP) is 2.19. The molecular formula is C12H15ClF3N3O. The number of carbonyl (C=O) groups excluding carboxylic acids is 1. The van der Waals surface area contributed by atoms with E-state index in [4.69, 9.17) is 17.3 Å². The Hall–Kier alpha value is -1.31. The topological polar surface area (TPSA) is 58.4 Å². The van der Waals surface area contributed by atoms with E-state index in [1.165, 1.54) is 6.07 Å². The highest BCUT2D eigenvalue weighted by molar-refractivity contribution is 6.31. The summed E-state index contributed by atoms with van der Waals surface area (Å²) in [7, 11) is 1.69. The number of likely N-dealkylation sites (N-methyl/N-ethyl adjacent to an activating group) is 1. The van der Waals surface area contributed by atoms with E-state index in [2.05, 4.69) is 5.32 Å². The molecule has 0 aliphatic carbocycles. The summed E-state index contributed by atoms with van der Waals surface area (Å²) in [6.07, 6.45) is -4.56. The molecule has 0 aliphatic rings. The zero-order chi connectivity index (χ0) is 15.3. The predicted molar refractivity (Wildman–Crippen MR) is 71.6 cm³/mol. The van der Waals surface area contributed by atoms with Gasteiger partial charge in [0.1, 0.15) is 0 Å². The van der Waals surface area contributed by atoms with Crippen molar-refractivity contribution in [2.75, 3.05) is 32.0 Å². The lowest BCUT2D eigenvalue weighted by Crippen LogP contribution is -2.33. The number of rotatable bonds is 5. The molecule has 0 aromatic heterocycles. The van der Waals surface area contributed by atoms with Crippen molar-refractivity contribution in [1.29, 1.82) is 0 Å². The summed E-state index contributed by atoms with van der Waals surface area (Å²) in [5.41, 5.74) is 4.40. The summed E-state index contributed by atoms with van der Waals surface area (Å²) in [6.45, 7) is 0.950. The first-order valence-corrected chi connectivity index (χ1v) is 6.17. The van der Waals surface area contributed by atoms with Gasteiger partial charge in [-0.15, -0.1) is 0 Å². The zero-order valence-electron chi connectivity index (χ0n) is 10.8. The van der Waals surface area contributed by atoms with Gasteiger partial charge in [0.2, 0.25) is 5.91 Å². The number of nitrogens with one attached hydrogen (secondary N) is 1. The molecule has 0 radical (unpaired) electrons. The number of nitrogens with zero attached hydrogens (tertiary/aromatic N) is 1. The highest BCUT2D eigenvalue weighted by Gasteiger charge is 2.33. The first-order chi connectivity index (χ1) is 9.24. The van der Waals surface area contributed by atoms with E-state index < -0.39 is 22.7 Å². The Kier molecular flexibility index (Phi) is 5.79. The Bertz CT molecular complexity index is 480. The van der Waals surface area contributed by atoms with Gasteiger partial charge in [-0.3, -0.25) is 9.69 Å². The van der Waals surface area contributed by atoms with Crippen LogP contribution in [0.3, 0.4) is 0 Å². The standard InChI is InChI=1S/C12H15ClF3N3O/c1-19(5-4-17)7-11(20)18-8-2-3-10(13)9(6-8)12(14,15)16/h2-3,6H,4-5,7,17H2,1H3,(H,18,20). The van der Waals surface area contributed by atoms with Crippen molar-refractivity contribution in [2.45, 2.75) is 6.18 Å². The fraction of sp³-hybridized carbons (Fsp3) is 0.417. The monoisotopic (exact) mass is 309 g/mol. The molecule has 0 spiro atoms. The van der Waals surface area contributed by atoms with Crippen LogP contribution in [0.15, 0.2) is 18.2 Å². The molecule has 112 valence electrons. The van der Waals surface area contributed by atoms with Crippen molar-refractivity contribution in [1.82, 2.24) is 4.90 Å². The van der Waals surface area contributed by atoms with E-state index >= 15 is 0 Å². The van der Waals surface area contributed by atoms with Crippen LogP contribution in [-0.4, -0.2) is 37.5 Å². The van der Waals surface area contributed by atoms with Crippen LogP contribution in [0.2, 0.25) is 5.02 Å². The Morgan fingerprint density at radius 1 is 1.45 bits per heavy atom. The Morgan fingerprint density at radius 3 is 2.65 bits per heavy atom. The van der Waals surface area contributed by atoms with Gasteiger partial charge in [0.15, 0.2) is 0 Å². The quantitative estimate of drug-likeness (QED) is 0.876. The van der Waals surface area contributed by atoms with E-state index in [0.717, 1.165) is 12.1 Å². The average Bonchev–Trinajstić information content (AvgIpc) is 2.30. The van der Waals surface area contributed by atoms with Crippen LogP contribution in [0.25, 0.3) is 0 Å². The lowest BCUT2D eigenvalue weighted by molar-refractivity contribution is -0.137. The summed E-state index contributed by atoms with van der Waals surface area (Å²) < 4.78 is 38.0. The van der Waals surface area contributed by atoms with Gasteiger partial charge >= 0.3 is 6.18 Å². The first kappa shape index (κ1) is 16.7. The minimum Gasteiger partial charge on any atom is -0.329 e. The Labute approximate surface area is 119 Å². The van der Waals surface area contributed by atoms with Crippen molar-refractivity contribution in [3.05, 3.63) is 28.8 Å². The van der Waals surface area contributed by atoms with E-state index in [9.17, 15) is 18.0 Å². The van der Waals surface area contributed by atoms with Crippen LogP contribution in [0.4, 0.5) is 18.9 Å². The second-order valence-electron chi connectivity index (χ2n) is 4.27. The molecular weight excluding hydrogens is 295 g/mol. The summed E-state index contributed by atoms with van der Waals surface area (Å²) in [5.74, 6) is -0.420. The first-order valence-electron chi connectivity index (χ1n) is 5.79. The Balaban J connectivity index is 2.76. The largest absolute Gasteiger partial charge is 0.417 e. The maximum absolute atomic E-state index is 12.7. The van der Waals surface area contributed by atoms with Crippen molar-refractivity contribution in [3.8, 4) is 0 Å². The van der Waals surface area contributed by atoms with Crippen LogP contribution in [-0.2, 0) is 11.0 Å². The average molecular weight is 310 g/mol. The lowest BCUT2D eigenvalue weighted by atomic mass is 10.2. The fourth-order valence-corrected chi connectivity index (χ4v) is 1.79. The molecule has 3 N–H and O–H groups in total. The third-order valence-electron chi connectivity index (χ3n) is 2.48. The van der Waals surface area contributed by atoms with Gasteiger partial charge in [0.25, 0.3) is 0 Å². The molecule has 0 fully saturated rings. The minimum atomic E-state index is -4.56. The molecule has 4 nitrogen and oxygen atoms in total. The maximum Gasteiger partial charge on any atom is 0.417 e. The second-order valence-corrected chi connectivity index (χ2v) is 4.67. The third-order valence-corrected chi connectivity index (χ3v) is 2.81. The Morgan fingerprint density at radius 2 is 2.10 bits per heavy atom. The summed E-state index contributed by atoms with van der Waals surface area (Å²) in [5, 5.41) is 1.98. The highest BCUT2D eigenvalue weighted by atomic mass is 35.5. The second kappa shape index (κ2) is 6.92. The third kappa shape index (κ3) is 4.99. The van der Waals surface area contributed by atoms with Crippen LogP contribution in [0, 0.1) is 0 Å². The molecule has 1 aromatic rings. The highest BCUT2D eigenvalue weighted by Crippen LogP contribution is 2.36. The molecule has 8 heteroatoms. The molecule has 0 aliphatic heterocycles. The van der Waals surface area contributed by atoms with Gasteiger partial charge in [-0.1, -0.05) is 11.6 Å². The van der Waals surface area contributed by atoms with Crippen molar-refractivity contribution < 1.29 is 18.0 Å². The van der Waals surface area contributed by atoms with Gasteiger partial charge < -0.3 is 11.1 Å². The van der Waals surface area contributed by atoms with Gasteiger partial charge in [0.05, 0.1) is 17.1 Å². The molecule has 0 heterocycles. The zero-order valence-corrected chi connectivity index (χ0v) is 11.6. The van der Waals surface area contributed by atoms with Crippen LogP contribution in [0.1, 0.15) is 5.56 Å². The van der Waals surface area contributed by atoms with Crippen LogP contribution < -0.4 is 11.1 Å². The van der Waals surface area contributed by atoms with Crippen molar-refractivity contribution in [3.63, 3.8) is 0 Å². The van der Waals surface area contributed by atoms with E-state index in [0.29, 0.717) is 13.1 Å². The number of hydrogen-bond acceptors (Lipinski definition) is 3. The smallest absolute Gasteiger partial charge is 0.329 e. The van der Waals surface area contributed by atoms with E-state index in [1.54, 1.807) is 11.9 Å². The number of halogens is 4. The number of benzene rings is 1. The molecule has 0 saturated heterocycles. The normalized spacial score (nSPS) is 11.8. The van der Waals surface area contributed by atoms with Gasteiger partial charge in [-0.05, 0) is 25.2 Å². The minimum absolute atomic E-state index is 0.0428. The molecule has 0 saturated carbocycles. The lowest BCUT2D eigenvalue weighted by Gasteiger charge is -2.16. The molecule has 1 aromatic carbocycles. The van der Waals surface area contributed by atoms with Crippen LogP contribution >= 0.6 is 11.6 Å². The van der Waals surface area contributed by atoms with Gasteiger partial charge in [-0.2, -0.15) is 13.2 Å². The van der Waals surface area contributed by atoms with Gasteiger partial charge in [-0.25, -0.2) is 0 Å². The number of carbonyl (C=O) groups is 1. The summed E-state index contributed by atoms with van der Waals surface area (Å²) >= 11 is 5.49. The molecule has 20 heavy (non-hydrogen) atoms. The molecule has 0 unspecified atom stereocenters. The summed E-state index contributed by atoms with van der Waals surface area (Å²) in [6, 6.07) is 3.23. The SMILES string of the molecule is CN(CCN)CC(=O)Nc1ccc(Cl)c(C(F)(F)F)c1. The number of alkyl halides is 3. The summed E-state index contributed by atoms with van der Waals surface area (Å²) in [4.78, 5) is 13.3. The van der Waals surface area contributed by atoms with E-state index in [1.807, 2.05) is 0 Å². The van der Waals surface area contributed by atoms with Crippen LogP contribution in [0.5, 0.6) is 0 Å². The maximum atomic E-state index is 12.7. The molecule has 0 bridgehead atoms. The fourth-order valence-electron chi connectivity index (χ4n) is 1.57. The number of hydrogen-bond donors (Lipinski definition) is 2. The molecule has 0 atom stereocenters.